The van der Waals surface area contributed by atoms with Gasteiger partial charge < -0.3 is 10.1 Å². The van der Waals surface area contributed by atoms with Crippen molar-refractivity contribution in [3.05, 3.63) is 59.9 Å². The normalized spacial score (nSPS) is 12.0. The molecule has 6 heteroatoms. The standard InChI is InChI=1S/C15H12F3N3/c16-15(17,18)12-5-1-3-10(7-12)13-9-21-6-2-4-11(8-19)14(21)20-13/h1-7,9H,8,19H2. The first-order valence-corrected chi connectivity index (χ1v) is 6.33. The monoisotopic (exact) mass is 291 g/mol. The number of hydrogen-bond acceptors (Lipinski definition) is 2. The first-order valence-electron chi connectivity index (χ1n) is 6.33. The highest BCUT2D eigenvalue weighted by Crippen LogP contribution is 2.32. The topological polar surface area (TPSA) is 43.3 Å². The number of pyridine rings is 1. The van der Waals surface area contributed by atoms with Gasteiger partial charge in [-0.15, -0.1) is 0 Å². The zero-order chi connectivity index (χ0) is 15.0. The van der Waals surface area contributed by atoms with Crippen molar-refractivity contribution in [3.8, 4) is 11.3 Å². The van der Waals surface area contributed by atoms with Crippen LogP contribution in [0, 0.1) is 0 Å². The summed E-state index contributed by atoms with van der Waals surface area (Å²) in [4.78, 5) is 4.39. The average Bonchev–Trinajstić information content (AvgIpc) is 2.90. The Morgan fingerprint density at radius 2 is 1.95 bits per heavy atom. The molecule has 1 aromatic carbocycles. The van der Waals surface area contributed by atoms with Crippen molar-refractivity contribution in [1.82, 2.24) is 9.38 Å². The first-order chi connectivity index (χ1) is 9.99. The van der Waals surface area contributed by atoms with Crippen molar-refractivity contribution in [3.63, 3.8) is 0 Å². The van der Waals surface area contributed by atoms with E-state index in [-0.39, 0.29) is 0 Å². The molecule has 0 spiro atoms. The molecule has 108 valence electrons. The molecule has 0 radical (unpaired) electrons. The Balaban J connectivity index is 2.13. The predicted molar refractivity (Wildman–Crippen MR) is 73.5 cm³/mol. The van der Waals surface area contributed by atoms with Gasteiger partial charge in [0.2, 0.25) is 0 Å². The maximum absolute atomic E-state index is 12.8. The molecule has 0 fully saturated rings. The van der Waals surface area contributed by atoms with Crippen LogP contribution < -0.4 is 5.73 Å². The third-order valence-corrected chi connectivity index (χ3v) is 3.27. The Labute approximate surface area is 118 Å². The number of alkyl halides is 3. The second kappa shape index (κ2) is 4.89. The van der Waals surface area contributed by atoms with Crippen LogP contribution in [0.3, 0.4) is 0 Å². The summed E-state index contributed by atoms with van der Waals surface area (Å²) < 4.78 is 40.1. The summed E-state index contributed by atoms with van der Waals surface area (Å²) in [6.45, 7) is 0.323. The van der Waals surface area contributed by atoms with E-state index in [4.69, 9.17) is 5.73 Å². The molecule has 0 aliphatic heterocycles. The van der Waals surface area contributed by atoms with Gasteiger partial charge in [-0.05, 0) is 18.2 Å². The van der Waals surface area contributed by atoms with E-state index < -0.39 is 11.7 Å². The Kier molecular flexibility index (Phi) is 3.17. The molecule has 3 aromatic rings. The minimum absolute atomic E-state index is 0.323. The van der Waals surface area contributed by atoms with Crippen LogP contribution in [-0.4, -0.2) is 9.38 Å². The minimum Gasteiger partial charge on any atom is -0.326 e. The van der Waals surface area contributed by atoms with Gasteiger partial charge in [-0.2, -0.15) is 13.2 Å². The van der Waals surface area contributed by atoms with Crippen LogP contribution in [0.4, 0.5) is 13.2 Å². The maximum atomic E-state index is 12.8. The highest BCUT2D eigenvalue weighted by Gasteiger charge is 2.30. The third kappa shape index (κ3) is 2.50. The van der Waals surface area contributed by atoms with Gasteiger partial charge >= 0.3 is 6.18 Å². The van der Waals surface area contributed by atoms with Crippen LogP contribution in [0.1, 0.15) is 11.1 Å². The number of rotatable bonds is 2. The molecule has 0 bridgehead atoms. The first kappa shape index (κ1) is 13.6. The third-order valence-electron chi connectivity index (χ3n) is 3.27. The van der Waals surface area contributed by atoms with E-state index in [9.17, 15) is 13.2 Å². The van der Waals surface area contributed by atoms with Gasteiger partial charge in [0.1, 0.15) is 5.65 Å². The number of hydrogen-bond donors (Lipinski definition) is 1. The fourth-order valence-corrected chi connectivity index (χ4v) is 2.22. The Morgan fingerprint density at radius 1 is 1.14 bits per heavy atom. The molecule has 3 nitrogen and oxygen atoms in total. The van der Waals surface area contributed by atoms with Gasteiger partial charge in [0, 0.05) is 30.1 Å². The van der Waals surface area contributed by atoms with E-state index >= 15 is 0 Å². The molecule has 0 atom stereocenters. The van der Waals surface area contributed by atoms with Gasteiger partial charge in [-0.3, -0.25) is 0 Å². The van der Waals surface area contributed by atoms with Crippen molar-refractivity contribution in [2.24, 2.45) is 5.73 Å². The predicted octanol–water partition coefficient (Wildman–Crippen LogP) is 3.48. The van der Waals surface area contributed by atoms with E-state index in [0.717, 1.165) is 17.7 Å². The zero-order valence-corrected chi connectivity index (χ0v) is 10.9. The summed E-state index contributed by atoms with van der Waals surface area (Å²) in [6, 6.07) is 8.81. The number of halogens is 3. The molecule has 0 unspecified atom stereocenters. The number of aromatic nitrogens is 2. The SMILES string of the molecule is NCc1cccn2cc(-c3cccc(C(F)(F)F)c3)nc12. The van der Waals surface area contributed by atoms with Gasteiger partial charge in [0.05, 0.1) is 11.3 Å². The summed E-state index contributed by atoms with van der Waals surface area (Å²) in [5.74, 6) is 0. The van der Waals surface area contributed by atoms with Crippen LogP contribution in [0.15, 0.2) is 48.8 Å². The molecule has 0 saturated heterocycles. The average molecular weight is 291 g/mol. The summed E-state index contributed by atoms with van der Waals surface area (Å²) >= 11 is 0. The Bertz CT molecular complexity index is 790. The van der Waals surface area contributed by atoms with Crippen molar-refractivity contribution < 1.29 is 13.2 Å². The molecule has 2 N–H and O–H groups in total. The lowest BCUT2D eigenvalue weighted by Gasteiger charge is -2.07. The van der Waals surface area contributed by atoms with Crippen molar-refractivity contribution in [1.29, 1.82) is 0 Å². The molecule has 2 aromatic heterocycles. The maximum Gasteiger partial charge on any atom is 0.416 e. The second-order valence-electron chi connectivity index (χ2n) is 4.67. The summed E-state index contributed by atoms with van der Waals surface area (Å²) in [5.41, 5.74) is 7.38. The van der Waals surface area contributed by atoms with Gasteiger partial charge in [-0.25, -0.2) is 4.98 Å². The van der Waals surface area contributed by atoms with E-state index in [1.54, 1.807) is 22.9 Å². The van der Waals surface area contributed by atoms with E-state index in [0.29, 0.717) is 23.4 Å². The van der Waals surface area contributed by atoms with Gasteiger partial charge in [-0.1, -0.05) is 18.2 Å². The number of imidazole rings is 1. The van der Waals surface area contributed by atoms with Crippen LogP contribution in [-0.2, 0) is 12.7 Å². The summed E-state index contributed by atoms with van der Waals surface area (Å²) in [6.07, 6.45) is -0.875. The number of nitrogens with two attached hydrogens (primary N) is 1. The van der Waals surface area contributed by atoms with E-state index in [1.165, 1.54) is 6.07 Å². The largest absolute Gasteiger partial charge is 0.416 e. The van der Waals surface area contributed by atoms with E-state index in [1.807, 2.05) is 12.1 Å². The summed E-state index contributed by atoms with van der Waals surface area (Å²) in [7, 11) is 0. The van der Waals surface area contributed by atoms with Crippen LogP contribution in [0.2, 0.25) is 0 Å². The fourth-order valence-electron chi connectivity index (χ4n) is 2.22. The molecular weight excluding hydrogens is 279 g/mol. The second-order valence-corrected chi connectivity index (χ2v) is 4.67. The zero-order valence-electron chi connectivity index (χ0n) is 10.9. The van der Waals surface area contributed by atoms with E-state index in [2.05, 4.69) is 4.98 Å². The molecular formula is C15H12F3N3. The lowest BCUT2D eigenvalue weighted by molar-refractivity contribution is -0.137. The molecule has 0 aliphatic carbocycles. The van der Waals surface area contributed by atoms with Crippen LogP contribution >= 0.6 is 0 Å². The lowest BCUT2D eigenvalue weighted by Crippen LogP contribution is -2.04. The van der Waals surface area contributed by atoms with Crippen molar-refractivity contribution in [2.45, 2.75) is 12.7 Å². The number of fused-ring (bicyclic) bond motifs is 1. The van der Waals surface area contributed by atoms with Crippen LogP contribution in [0.5, 0.6) is 0 Å². The molecule has 0 saturated carbocycles. The van der Waals surface area contributed by atoms with Gasteiger partial charge in [0.25, 0.3) is 0 Å². The Hall–Kier alpha value is -2.34. The quantitative estimate of drug-likeness (QED) is 0.785. The van der Waals surface area contributed by atoms with Crippen molar-refractivity contribution >= 4 is 5.65 Å². The van der Waals surface area contributed by atoms with Crippen LogP contribution in [0.25, 0.3) is 16.9 Å². The highest BCUT2D eigenvalue weighted by molar-refractivity contribution is 5.65. The molecule has 21 heavy (non-hydrogen) atoms. The molecule has 0 amide bonds. The smallest absolute Gasteiger partial charge is 0.326 e. The fraction of sp³-hybridized carbons (Fsp3) is 0.133. The lowest BCUT2D eigenvalue weighted by atomic mass is 10.1. The highest BCUT2D eigenvalue weighted by atomic mass is 19.4. The number of benzene rings is 1. The minimum atomic E-state index is -4.36. The van der Waals surface area contributed by atoms with Crippen molar-refractivity contribution in [2.75, 3.05) is 0 Å². The molecule has 2 heterocycles. The molecule has 3 rings (SSSR count). The molecule has 0 aliphatic rings. The Morgan fingerprint density at radius 3 is 2.67 bits per heavy atom. The van der Waals surface area contributed by atoms with Gasteiger partial charge in [0.15, 0.2) is 0 Å². The summed E-state index contributed by atoms with van der Waals surface area (Å²) in [5, 5.41) is 0. The number of nitrogens with zero attached hydrogens (tertiary/aromatic N) is 2.